The summed E-state index contributed by atoms with van der Waals surface area (Å²) in [6.45, 7) is 0.772. The van der Waals surface area contributed by atoms with Crippen molar-refractivity contribution < 1.29 is 19.4 Å². The van der Waals surface area contributed by atoms with Gasteiger partial charge in [-0.15, -0.1) is 0 Å². The summed E-state index contributed by atoms with van der Waals surface area (Å²) < 4.78 is 5.16. The first-order valence-electron chi connectivity index (χ1n) is 7.98. The van der Waals surface area contributed by atoms with Crippen molar-refractivity contribution in [2.75, 3.05) is 19.8 Å². The van der Waals surface area contributed by atoms with Crippen molar-refractivity contribution in [1.29, 1.82) is 0 Å². The third-order valence-electron chi connectivity index (χ3n) is 4.17. The maximum absolute atomic E-state index is 12.4. The van der Waals surface area contributed by atoms with Crippen LogP contribution in [0.1, 0.15) is 12.1 Å². The fraction of sp³-hybridized carbons (Fsp3) is 0.333. The first-order valence-corrected chi connectivity index (χ1v) is 7.98. The number of carboxylic acids is 1. The zero-order valence-corrected chi connectivity index (χ0v) is 13.3. The summed E-state index contributed by atoms with van der Waals surface area (Å²) >= 11 is 0. The van der Waals surface area contributed by atoms with Crippen LogP contribution in [-0.4, -0.2) is 52.7 Å². The van der Waals surface area contributed by atoms with Gasteiger partial charge in [0.25, 0.3) is 0 Å². The molecular formula is C18H20N2O4. The second-order valence-corrected chi connectivity index (χ2v) is 5.78. The van der Waals surface area contributed by atoms with Gasteiger partial charge in [0.1, 0.15) is 0 Å². The molecule has 2 N–H and O–H groups in total. The maximum Gasteiger partial charge on any atom is 0.328 e. The third kappa shape index (κ3) is 3.65. The normalized spacial score (nSPS) is 17.7. The maximum atomic E-state index is 12.4. The van der Waals surface area contributed by atoms with E-state index in [1.54, 1.807) is 0 Å². The number of hydrogen-bond donors (Lipinski definition) is 2. The van der Waals surface area contributed by atoms with Crippen LogP contribution in [0, 0.1) is 0 Å². The van der Waals surface area contributed by atoms with Crippen LogP contribution in [0.4, 0.5) is 0 Å². The number of ether oxygens (including phenoxy) is 1. The molecule has 24 heavy (non-hydrogen) atoms. The lowest BCUT2D eigenvalue weighted by atomic mass is 10.1. The van der Waals surface area contributed by atoms with Gasteiger partial charge in [-0.05, 0) is 24.1 Å². The first kappa shape index (κ1) is 16.3. The number of carboxylic acid groups (broad SMARTS) is 1. The third-order valence-corrected chi connectivity index (χ3v) is 4.17. The van der Waals surface area contributed by atoms with E-state index >= 15 is 0 Å². The van der Waals surface area contributed by atoms with Crippen molar-refractivity contribution in [2.45, 2.75) is 18.9 Å². The van der Waals surface area contributed by atoms with E-state index in [0.29, 0.717) is 19.6 Å². The Balaban J connectivity index is 1.60. The molecule has 1 aromatic carbocycles. The van der Waals surface area contributed by atoms with Gasteiger partial charge in [-0.25, -0.2) is 4.79 Å². The molecule has 1 saturated heterocycles. The minimum absolute atomic E-state index is 0.0573. The molecule has 0 saturated carbocycles. The summed E-state index contributed by atoms with van der Waals surface area (Å²) in [5, 5.41) is 9.19. The molecule has 1 amide bonds. The summed E-state index contributed by atoms with van der Waals surface area (Å²) in [5.74, 6) is -1.17. The number of aromatic nitrogens is 1. The summed E-state index contributed by atoms with van der Waals surface area (Å²) in [5.41, 5.74) is 3.06. The van der Waals surface area contributed by atoms with Gasteiger partial charge in [-0.2, -0.15) is 0 Å². The molecule has 0 bridgehead atoms. The Bertz CT molecular complexity index is 711. The lowest BCUT2D eigenvalue weighted by Gasteiger charge is -2.32. The average Bonchev–Trinajstić information content (AvgIpc) is 3.09. The number of aromatic amines is 1. The van der Waals surface area contributed by atoms with Gasteiger partial charge in [0.15, 0.2) is 6.04 Å². The predicted molar refractivity (Wildman–Crippen MR) is 88.5 cm³/mol. The molecule has 3 rings (SSSR count). The number of carbonyl (C=O) groups is 2. The molecule has 1 aromatic heterocycles. The highest BCUT2D eigenvalue weighted by Crippen LogP contribution is 2.19. The number of H-pyrrole nitrogens is 1. The van der Waals surface area contributed by atoms with Crippen LogP contribution in [0.5, 0.6) is 0 Å². The molecule has 6 nitrogen and oxygen atoms in total. The van der Waals surface area contributed by atoms with Crippen LogP contribution in [-0.2, 0) is 20.7 Å². The van der Waals surface area contributed by atoms with E-state index in [1.165, 1.54) is 4.90 Å². The van der Waals surface area contributed by atoms with E-state index in [1.807, 2.05) is 42.5 Å². The number of rotatable bonds is 5. The molecule has 1 fully saturated rings. The number of aryl methyl sites for hydroxylation is 1. The van der Waals surface area contributed by atoms with Crippen LogP contribution >= 0.6 is 0 Å². The van der Waals surface area contributed by atoms with Gasteiger partial charge < -0.3 is 19.7 Å². The molecule has 6 heteroatoms. The Hall–Kier alpha value is -2.60. The average molecular weight is 328 g/mol. The van der Waals surface area contributed by atoms with E-state index in [2.05, 4.69) is 4.98 Å². The lowest BCUT2D eigenvalue weighted by molar-refractivity contribution is -0.158. The summed E-state index contributed by atoms with van der Waals surface area (Å²) in [7, 11) is 0. The molecule has 1 aliphatic heterocycles. The monoisotopic (exact) mass is 328 g/mol. The van der Waals surface area contributed by atoms with Crippen LogP contribution in [0.15, 0.2) is 42.5 Å². The lowest BCUT2D eigenvalue weighted by Crippen LogP contribution is -2.52. The smallest absolute Gasteiger partial charge is 0.328 e. The number of nitrogens with one attached hydrogen (secondary N) is 1. The first-order chi connectivity index (χ1) is 11.6. The Labute approximate surface area is 140 Å². The van der Waals surface area contributed by atoms with E-state index in [4.69, 9.17) is 4.74 Å². The van der Waals surface area contributed by atoms with Crippen LogP contribution in [0.25, 0.3) is 11.3 Å². The van der Waals surface area contributed by atoms with Gasteiger partial charge in [0.05, 0.1) is 13.2 Å². The molecule has 1 unspecified atom stereocenters. The molecule has 126 valence electrons. The van der Waals surface area contributed by atoms with Crippen LogP contribution in [0.2, 0.25) is 0 Å². The number of nitrogens with zero attached hydrogens (tertiary/aromatic N) is 1. The number of aliphatic carboxylic acids is 1. The zero-order valence-electron chi connectivity index (χ0n) is 13.3. The SMILES string of the molecule is O=C(O)C1COCCN1C(=O)CCc1ccc(-c2ccccc2)[nH]1. The standard InChI is InChI=1S/C18H20N2O4/c21-17(20-10-11-24-12-16(20)18(22)23)9-7-14-6-8-15(19-14)13-4-2-1-3-5-13/h1-6,8,16,19H,7,9-12H2,(H,22,23). The second kappa shape index (κ2) is 7.31. The van der Waals surface area contributed by atoms with Gasteiger partial charge in [-0.3, -0.25) is 4.79 Å². The Morgan fingerprint density at radius 2 is 2.00 bits per heavy atom. The van der Waals surface area contributed by atoms with Crippen LogP contribution < -0.4 is 0 Å². The largest absolute Gasteiger partial charge is 0.480 e. The number of amides is 1. The molecule has 0 radical (unpaired) electrons. The minimum atomic E-state index is -1.02. The van der Waals surface area contributed by atoms with E-state index in [0.717, 1.165) is 17.0 Å². The second-order valence-electron chi connectivity index (χ2n) is 5.78. The number of morpholine rings is 1. The van der Waals surface area contributed by atoms with Crippen molar-refractivity contribution in [3.63, 3.8) is 0 Å². The number of hydrogen-bond acceptors (Lipinski definition) is 3. The Morgan fingerprint density at radius 3 is 2.75 bits per heavy atom. The van der Waals surface area contributed by atoms with E-state index in [9.17, 15) is 14.7 Å². The Kier molecular flexibility index (Phi) is 4.96. The topological polar surface area (TPSA) is 82.6 Å². The molecule has 2 heterocycles. The highest BCUT2D eigenvalue weighted by Gasteiger charge is 2.32. The van der Waals surface area contributed by atoms with Gasteiger partial charge >= 0.3 is 5.97 Å². The van der Waals surface area contributed by atoms with E-state index in [-0.39, 0.29) is 18.9 Å². The highest BCUT2D eigenvalue weighted by atomic mass is 16.5. The molecule has 1 aliphatic rings. The van der Waals surface area contributed by atoms with Gasteiger partial charge in [0.2, 0.25) is 5.91 Å². The number of carbonyl (C=O) groups excluding carboxylic acids is 1. The predicted octanol–water partition coefficient (Wildman–Crippen LogP) is 1.93. The van der Waals surface area contributed by atoms with Crippen LogP contribution in [0.3, 0.4) is 0 Å². The fourth-order valence-corrected chi connectivity index (χ4v) is 2.86. The van der Waals surface area contributed by atoms with Crippen molar-refractivity contribution in [2.24, 2.45) is 0 Å². The fourth-order valence-electron chi connectivity index (χ4n) is 2.86. The molecule has 1 atom stereocenters. The molecular weight excluding hydrogens is 308 g/mol. The highest BCUT2D eigenvalue weighted by molar-refractivity contribution is 5.84. The summed E-state index contributed by atoms with van der Waals surface area (Å²) in [4.78, 5) is 28.3. The molecule has 2 aromatic rings. The van der Waals surface area contributed by atoms with Crippen molar-refractivity contribution in [1.82, 2.24) is 9.88 Å². The summed E-state index contributed by atoms with van der Waals surface area (Å²) in [6.07, 6.45) is 0.827. The minimum Gasteiger partial charge on any atom is -0.480 e. The van der Waals surface area contributed by atoms with Crippen molar-refractivity contribution in [3.05, 3.63) is 48.2 Å². The zero-order chi connectivity index (χ0) is 16.9. The molecule has 0 spiro atoms. The Morgan fingerprint density at radius 1 is 1.21 bits per heavy atom. The van der Waals surface area contributed by atoms with E-state index < -0.39 is 12.0 Å². The van der Waals surface area contributed by atoms with Crippen molar-refractivity contribution in [3.8, 4) is 11.3 Å². The quantitative estimate of drug-likeness (QED) is 0.878. The molecule has 0 aliphatic carbocycles. The van der Waals surface area contributed by atoms with Gasteiger partial charge in [-0.1, -0.05) is 30.3 Å². The van der Waals surface area contributed by atoms with Crippen molar-refractivity contribution >= 4 is 11.9 Å². The number of benzene rings is 1. The van der Waals surface area contributed by atoms with Gasteiger partial charge in [0, 0.05) is 24.4 Å². The summed E-state index contributed by atoms with van der Waals surface area (Å²) in [6, 6.07) is 13.0.